The average Bonchev–Trinajstić information content (AvgIpc) is 2.29. The van der Waals surface area contributed by atoms with Gasteiger partial charge in [0.1, 0.15) is 0 Å². The van der Waals surface area contributed by atoms with Gasteiger partial charge >= 0.3 is 0 Å². The molecule has 0 aromatic heterocycles. The van der Waals surface area contributed by atoms with Crippen LogP contribution < -0.4 is 5.73 Å². The van der Waals surface area contributed by atoms with E-state index in [2.05, 4.69) is 44.0 Å². The lowest BCUT2D eigenvalue weighted by Gasteiger charge is -2.37. The number of nitrogens with two attached hydrogens (primary N) is 1. The van der Waals surface area contributed by atoms with Crippen molar-refractivity contribution >= 4 is 6.72 Å². The van der Waals surface area contributed by atoms with Gasteiger partial charge in [0.2, 0.25) is 0 Å². The first-order chi connectivity index (χ1) is 8.37. The summed E-state index contributed by atoms with van der Waals surface area (Å²) in [7, 11) is 0. The number of hydrogen-bond acceptors (Lipinski definition) is 3. The fraction of sp³-hybridized carbons (Fsp3) is 0.667. The van der Waals surface area contributed by atoms with Crippen LogP contribution in [0.1, 0.15) is 40.0 Å². The Balaban J connectivity index is 2.64. The molecule has 1 atom stereocenters. The maximum atomic E-state index is 5.60. The Morgan fingerprint density at radius 2 is 2.17 bits per heavy atom. The van der Waals surface area contributed by atoms with Gasteiger partial charge in [-0.15, -0.1) is 0 Å². The molecule has 1 fully saturated rings. The van der Waals surface area contributed by atoms with E-state index in [4.69, 9.17) is 5.73 Å². The van der Waals surface area contributed by atoms with E-state index in [1.165, 1.54) is 12.1 Å². The third-order valence-corrected chi connectivity index (χ3v) is 3.37. The fourth-order valence-corrected chi connectivity index (χ4v) is 2.55. The number of hydrogen-bond donors (Lipinski definition) is 1. The molecular formula is C15H27N3. The monoisotopic (exact) mass is 249 g/mol. The Bertz CT molecular complexity index is 336. The first-order valence-electron chi connectivity index (χ1n) is 6.68. The van der Waals surface area contributed by atoms with E-state index >= 15 is 0 Å². The summed E-state index contributed by atoms with van der Waals surface area (Å²) in [4.78, 5) is 6.41. The number of piperidine rings is 1. The van der Waals surface area contributed by atoms with Gasteiger partial charge in [-0.25, -0.2) is 0 Å². The maximum absolute atomic E-state index is 5.60. The van der Waals surface area contributed by atoms with Crippen molar-refractivity contribution in [3.05, 3.63) is 24.2 Å². The van der Waals surface area contributed by atoms with Crippen molar-refractivity contribution in [1.29, 1.82) is 0 Å². The van der Waals surface area contributed by atoms with Crippen molar-refractivity contribution in [1.82, 2.24) is 4.90 Å². The van der Waals surface area contributed by atoms with E-state index in [9.17, 15) is 0 Å². The zero-order chi connectivity index (χ0) is 13.8. The number of likely N-dealkylation sites (tertiary alicyclic amines) is 1. The van der Waals surface area contributed by atoms with Crippen LogP contribution in [0.4, 0.5) is 0 Å². The lowest BCUT2D eigenvalue weighted by molar-refractivity contribution is 0.215. The van der Waals surface area contributed by atoms with Gasteiger partial charge in [-0.1, -0.05) is 27.4 Å². The molecule has 0 radical (unpaired) electrons. The lowest BCUT2D eigenvalue weighted by Crippen LogP contribution is -2.36. The minimum absolute atomic E-state index is 0.285. The molecule has 1 aliphatic heterocycles. The first-order valence-corrected chi connectivity index (χ1v) is 6.68. The molecule has 0 bridgehead atoms. The molecule has 3 nitrogen and oxygen atoms in total. The van der Waals surface area contributed by atoms with Crippen LogP contribution in [0.5, 0.6) is 0 Å². The molecule has 18 heavy (non-hydrogen) atoms. The van der Waals surface area contributed by atoms with Crippen LogP contribution >= 0.6 is 0 Å². The zero-order valence-corrected chi connectivity index (χ0v) is 12.1. The van der Waals surface area contributed by atoms with Crippen LogP contribution in [0, 0.1) is 11.3 Å². The molecule has 1 heterocycles. The molecule has 0 aromatic carbocycles. The van der Waals surface area contributed by atoms with E-state index in [1.54, 1.807) is 6.20 Å². The van der Waals surface area contributed by atoms with E-state index < -0.39 is 0 Å². The van der Waals surface area contributed by atoms with Gasteiger partial charge in [-0.05, 0) is 31.4 Å². The minimum Gasteiger partial charge on any atom is -0.403 e. The predicted octanol–water partition coefficient (Wildman–Crippen LogP) is 3.15. The van der Waals surface area contributed by atoms with Crippen LogP contribution in [-0.2, 0) is 0 Å². The smallest absolute Gasteiger partial charge is 0.0599 e. The maximum Gasteiger partial charge on any atom is 0.0599 e. The van der Waals surface area contributed by atoms with E-state index in [0.717, 1.165) is 31.6 Å². The minimum atomic E-state index is 0.285. The molecule has 0 aromatic rings. The molecule has 0 spiro atoms. The summed E-state index contributed by atoms with van der Waals surface area (Å²) in [5.41, 5.74) is 8.03. The molecule has 102 valence electrons. The summed E-state index contributed by atoms with van der Waals surface area (Å²) < 4.78 is 0. The molecular weight excluding hydrogens is 222 g/mol. The van der Waals surface area contributed by atoms with E-state index in [0.29, 0.717) is 5.92 Å². The molecule has 2 N–H and O–H groups in total. The Labute approximate surface area is 111 Å². The molecule has 1 saturated heterocycles. The van der Waals surface area contributed by atoms with Crippen molar-refractivity contribution < 1.29 is 0 Å². The highest BCUT2D eigenvalue weighted by atomic mass is 15.1. The van der Waals surface area contributed by atoms with Gasteiger partial charge < -0.3 is 10.6 Å². The van der Waals surface area contributed by atoms with Gasteiger partial charge in [0.05, 0.1) is 5.70 Å². The summed E-state index contributed by atoms with van der Waals surface area (Å²) in [5, 5.41) is 0. The highest BCUT2D eigenvalue weighted by molar-refractivity contribution is 5.29. The van der Waals surface area contributed by atoms with Crippen LogP contribution in [0.25, 0.3) is 0 Å². The average molecular weight is 249 g/mol. The van der Waals surface area contributed by atoms with Gasteiger partial charge in [-0.3, -0.25) is 4.99 Å². The molecule has 3 heteroatoms. The molecule has 0 saturated carbocycles. The van der Waals surface area contributed by atoms with Crippen LogP contribution in [0.15, 0.2) is 29.2 Å². The van der Waals surface area contributed by atoms with E-state index in [-0.39, 0.29) is 5.41 Å². The second-order valence-corrected chi connectivity index (χ2v) is 6.34. The van der Waals surface area contributed by atoms with Crippen molar-refractivity contribution in [3.8, 4) is 0 Å². The SMILES string of the molecule is C=N/C(=C\N)C1CCCN(C(=C)CC(C)(C)C)C1. The first kappa shape index (κ1) is 14.8. The van der Waals surface area contributed by atoms with Crippen LogP contribution in [0.3, 0.4) is 0 Å². The zero-order valence-electron chi connectivity index (χ0n) is 12.1. The lowest BCUT2D eigenvalue weighted by atomic mass is 9.88. The molecule has 1 rings (SSSR count). The summed E-state index contributed by atoms with van der Waals surface area (Å²) in [5.74, 6) is 0.401. The van der Waals surface area contributed by atoms with Gasteiger partial charge in [0, 0.05) is 30.9 Å². The van der Waals surface area contributed by atoms with Crippen molar-refractivity contribution in [2.75, 3.05) is 13.1 Å². The molecule has 1 unspecified atom stereocenters. The van der Waals surface area contributed by atoms with Crippen LogP contribution in [0.2, 0.25) is 0 Å². The quantitative estimate of drug-likeness (QED) is 0.778. The Hall–Kier alpha value is -1.25. The number of rotatable bonds is 4. The topological polar surface area (TPSA) is 41.6 Å². The third-order valence-electron chi connectivity index (χ3n) is 3.37. The summed E-state index contributed by atoms with van der Waals surface area (Å²) >= 11 is 0. The highest BCUT2D eigenvalue weighted by Crippen LogP contribution is 2.30. The largest absolute Gasteiger partial charge is 0.403 e. The Morgan fingerprint density at radius 1 is 1.50 bits per heavy atom. The summed E-state index contributed by atoms with van der Waals surface area (Å²) in [6.07, 6.45) is 4.93. The normalized spacial score (nSPS) is 21.8. The predicted molar refractivity (Wildman–Crippen MR) is 79.3 cm³/mol. The molecule has 0 aliphatic carbocycles. The van der Waals surface area contributed by atoms with Crippen molar-refractivity contribution in [3.63, 3.8) is 0 Å². The van der Waals surface area contributed by atoms with E-state index in [1.807, 2.05) is 0 Å². The Kier molecular flexibility index (Phi) is 5.00. The fourth-order valence-electron chi connectivity index (χ4n) is 2.55. The molecule has 1 aliphatic rings. The van der Waals surface area contributed by atoms with Crippen molar-refractivity contribution in [2.24, 2.45) is 22.1 Å². The number of nitrogens with zero attached hydrogens (tertiary/aromatic N) is 2. The van der Waals surface area contributed by atoms with Crippen molar-refractivity contribution in [2.45, 2.75) is 40.0 Å². The highest BCUT2D eigenvalue weighted by Gasteiger charge is 2.25. The van der Waals surface area contributed by atoms with Gasteiger partial charge in [0.25, 0.3) is 0 Å². The van der Waals surface area contributed by atoms with Crippen LogP contribution in [-0.4, -0.2) is 24.7 Å². The summed E-state index contributed by atoms with van der Waals surface area (Å²) in [6, 6.07) is 0. The second kappa shape index (κ2) is 6.07. The summed E-state index contributed by atoms with van der Waals surface area (Å²) in [6.45, 7) is 16.6. The third kappa shape index (κ3) is 4.21. The number of allylic oxidation sites excluding steroid dienone is 1. The standard InChI is InChI=1S/C15H27N3/c1-12(9-15(2,3)4)18-8-6-7-13(11-18)14(10-16)17-5/h10,13H,1,5-9,11,16H2,2-4H3/b14-10-. The molecule has 0 amide bonds. The number of aliphatic imine (C=N–C) groups is 1. The Morgan fingerprint density at radius 3 is 2.67 bits per heavy atom. The van der Waals surface area contributed by atoms with Gasteiger partial charge in [0.15, 0.2) is 0 Å². The van der Waals surface area contributed by atoms with Gasteiger partial charge in [-0.2, -0.15) is 0 Å². The second-order valence-electron chi connectivity index (χ2n) is 6.34.